The number of nitrogens with one attached hydrogen (secondary N) is 1. The molecular weight excluding hydrogens is 322 g/mol. The molecule has 8 nitrogen and oxygen atoms in total. The zero-order valence-corrected chi connectivity index (χ0v) is 14.9. The van der Waals surface area contributed by atoms with E-state index in [2.05, 4.69) is 33.9 Å². The van der Waals surface area contributed by atoms with Crippen LogP contribution in [0.1, 0.15) is 31.4 Å². The summed E-state index contributed by atoms with van der Waals surface area (Å²) in [5.74, 6) is 3.29. The van der Waals surface area contributed by atoms with Crippen LogP contribution in [0.15, 0.2) is 18.2 Å². The normalized spacial score (nSPS) is 13.6. The molecule has 2 amide bonds. The summed E-state index contributed by atoms with van der Waals surface area (Å²) in [6, 6.07) is 5.10. The second-order valence-electron chi connectivity index (χ2n) is 6.20. The van der Waals surface area contributed by atoms with Crippen molar-refractivity contribution in [3.05, 3.63) is 29.8 Å². The molecule has 2 aromatic rings. The summed E-state index contributed by atoms with van der Waals surface area (Å²) in [6.07, 6.45) is 0. The first kappa shape index (κ1) is 17.1. The van der Waals surface area contributed by atoms with Crippen LogP contribution in [0.25, 0.3) is 0 Å². The summed E-state index contributed by atoms with van der Waals surface area (Å²) < 4.78 is 12.6. The number of methoxy groups -OCH3 is 2. The molecule has 25 heavy (non-hydrogen) atoms. The number of fused-ring (bicyclic) bond motifs is 1. The Balaban J connectivity index is 1.70. The number of hydrogen-bond acceptors (Lipinski definition) is 5. The summed E-state index contributed by atoms with van der Waals surface area (Å²) in [5, 5.41) is 11.4. The lowest BCUT2D eigenvalue weighted by Crippen LogP contribution is -2.41. The number of rotatable bonds is 4. The van der Waals surface area contributed by atoms with E-state index in [4.69, 9.17) is 9.47 Å². The third-order valence-corrected chi connectivity index (χ3v) is 4.22. The molecule has 0 radical (unpaired) electrons. The molecule has 0 fully saturated rings. The van der Waals surface area contributed by atoms with Crippen LogP contribution >= 0.6 is 0 Å². The van der Waals surface area contributed by atoms with Gasteiger partial charge in [-0.3, -0.25) is 0 Å². The van der Waals surface area contributed by atoms with Gasteiger partial charge >= 0.3 is 6.03 Å². The maximum Gasteiger partial charge on any atom is 0.322 e. The standard InChI is InChI=1S/C17H23N5O3/c1-11(2)16-20-19-15-10-21(7-8-22(15)16)17(23)18-12-5-6-13(24-3)14(9-12)25-4/h5-6,9,11H,7-8,10H2,1-4H3,(H,18,23). The maximum atomic E-state index is 12.6. The predicted molar refractivity (Wildman–Crippen MR) is 93.1 cm³/mol. The second-order valence-corrected chi connectivity index (χ2v) is 6.20. The van der Waals surface area contributed by atoms with Gasteiger partial charge in [-0.2, -0.15) is 0 Å². The minimum atomic E-state index is -0.174. The highest BCUT2D eigenvalue weighted by molar-refractivity contribution is 5.89. The smallest absolute Gasteiger partial charge is 0.322 e. The molecule has 0 atom stereocenters. The Hall–Kier alpha value is -2.77. The topological polar surface area (TPSA) is 81.5 Å². The van der Waals surface area contributed by atoms with Crippen molar-refractivity contribution in [2.45, 2.75) is 32.9 Å². The van der Waals surface area contributed by atoms with E-state index in [1.165, 1.54) is 0 Å². The summed E-state index contributed by atoms with van der Waals surface area (Å²) in [7, 11) is 3.14. The van der Waals surface area contributed by atoms with E-state index in [1.54, 1.807) is 37.3 Å². The van der Waals surface area contributed by atoms with Crippen LogP contribution in [-0.4, -0.2) is 46.5 Å². The Morgan fingerprint density at radius 3 is 2.60 bits per heavy atom. The van der Waals surface area contributed by atoms with Crippen molar-refractivity contribution in [2.24, 2.45) is 0 Å². The van der Waals surface area contributed by atoms with Gasteiger partial charge in [0.25, 0.3) is 0 Å². The average Bonchev–Trinajstić information content (AvgIpc) is 3.04. The molecule has 134 valence electrons. The zero-order chi connectivity index (χ0) is 18.0. The number of carbonyl (C=O) groups excluding carboxylic acids is 1. The van der Waals surface area contributed by atoms with E-state index < -0.39 is 0 Å². The Kier molecular flexibility index (Phi) is 4.78. The highest BCUT2D eigenvalue weighted by Crippen LogP contribution is 2.30. The summed E-state index contributed by atoms with van der Waals surface area (Å²) >= 11 is 0. The Morgan fingerprint density at radius 1 is 1.16 bits per heavy atom. The Bertz CT molecular complexity index is 772. The molecule has 1 aromatic carbocycles. The lowest BCUT2D eigenvalue weighted by Gasteiger charge is -2.28. The van der Waals surface area contributed by atoms with Gasteiger partial charge in [-0.1, -0.05) is 13.8 Å². The van der Waals surface area contributed by atoms with Crippen molar-refractivity contribution in [1.29, 1.82) is 0 Å². The Labute approximate surface area is 146 Å². The molecular formula is C17H23N5O3. The minimum Gasteiger partial charge on any atom is -0.493 e. The molecule has 0 saturated carbocycles. The van der Waals surface area contributed by atoms with Gasteiger partial charge in [-0.25, -0.2) is 4.79 Å². The number of hydrogen-bond donors (Lipinski definition) is 1. The first-order valence-corrected chi connectivity index (χ1v) is 8.23. The van der Waals surface area contributed by atoms with Gasteiger partial charge in [0.2, 0.25) is 0 Å². The van der Waals surface area contributed by atoms with Crippen molar-refractivity contribution in [1.82, 2.24) is 19.7 Å². The third-order valence-electron chi connectivity index (χ3n) is 4.22. The van der Waals surface area contributed by atoms with E-state index in [0.29, 0.717) is 42.7 Å². The number of aromatic nitrogens is 3. The largest absolute Gasteiger partial charge is 0.493 e. The number of ether oxygens (including phenoxy) is 2. The monoisotopic (exact) mass is 345 g/mol. The van der Waals surface area contributed by atoms with E-state index in [0.717, 1.165) is 11.6 Å². The highest BCUT2D eigenvalue weighted by atomic mass is 16.5. The summed E-state index contributed by atoms with van der Waals surface area (Å²) in [6.45, 7) is 5.94. The molecule has 1 N–H and O–H groups in total. The van der Waals surface area contributed by atoms with Crippen molar-refractivity contribution in [3.8, 4) is 11.5 Å². The SMILES string of the molecule is COc1ccc(NC(=O)N2CCn3c(nnc3C(C)C)C2)cc1OC. The van der Waals surface area contributed by atoms with Crippen LogP contribution in [-0.2, 0) is 13.1 Å². The fourth-order valence-electron chi connectivity index (χ4n) is 2.90. The molecule has 0 spiro atoms. The van der Waals surface area contributed by atoms with E-state index in [-0.39, 0.29) is 6.03 Å². The number of amides is 2. The number of anilines is 1. The number of carbonyl (C=O) groups is 1. The van der Waals surface area contributed by atoms with Crippen LogP contribution in [0.3, 0.4) is 0 Å². The molecule has 0 unspecified atom stereocenters. The highest BCUT2D eigenvalue weighted by Gasteiger charge is 2.25. The van der Waals surface area contributed by atoms with Gasteiger partial charge in [0, 0.05) is 30.8 Å². The fourth-order valence-corrected chi connectivity index (χ4v) is 2.90. The van der Waals surface area contributed by atoms with Gasteiger partial charge in [0.05, 0.1) is 20.8 Å². The van der Waals surface area contributed by atoms with Crippen molar-refractivity contribution < 1.29 is 14.3 Å². The molecule has 0 bridgehead atoms. The summed E-state index contributed by atoms with van der Waals surface area (Å²) in [5.41, 5.74) is 0.651. The molecule has 1 aromatic heterocycles. The fraction of sp³-hybridized carbons (Fsp3) is 0.471. The van der Waals surface area contributed by atoms with E-state index in [1.807, 2.05) is 0 Å². The third kappa shape index (κ3) is 3.38. The van der Waals surface area contributed by atoms with E-state index >= 15 is 0 Å². The lowest BCUT2D eigenvalue weighted by molar-refractivity contribution is 0.195. The number of benzene rings is 1. The van der Waals surface area contributed by atoms with E-state index in [9.17, 15) is 4.79 Å². The second kappa shape index (κ2) is 7.00. The van der Waals surface area contributed by atoms with Gasteiger partial charge in [0.1, 0.15) is 5.82 Å². The quantitative estimate of drug-likeness (QED) is 0.920. The average molecular weight is 345 g/mol. The van der Waals surface area contributed by atoms with Crippen molar-refractivity contribution in [3.63, 3.8) is 0 Å². The lowest BCUT2D eigenvalue weighted by atomic mass is 10.2. The van der Waals surface area contributed by atoms with Crippen LogP contribution in [0.2, 0.25) is 0 Å². The predicted octanol–water partition coefficient (Wildman–Crippen LogP) is 2.47. The van der Waals surface area contributed by atoms with Crippen LogP contribution in [0.5, 0.6) is 11.5 Å². The number of nitrogens with zero attached hydrogens (tertiary/aromatic N) is 4. The van der Waals surface area contributed by atoms with Crippen LogP contribution in [0.4, 0.5) is 10.5 Å². The molecule has 3 rings (SSSR count). The molecule has 1 aliphatic heterocycles. The summed E-state index contributed by atoms with van der Waals surface area (Å²) in [4.78, 5) is 14.3. The van der Waals surface area contributed by atoms with Gasteiger partial charge < -0.3 is 24.3 Å². The first-order chi connectivity index (χ1) is 12.0. The van der Waals surface area contributed by atoms with Crippen LogP contribution in [0, 0.1) is 0 Å². The van der Waals surface area contributed by atoms with Gasteiger partial charge in [-0.15, -0.1) is 10.2 Å². The minimum absolute atomic E-state index is 0.174. The Morgan fingerprint density at radius 2 is 1.92 bits per heavy atom. The number of urea groups is 1. The van der Waals surface area contributed by atoms with Crippen molar-refractivity contribution >= 4 is 11.7 Å². The molecule has 2 heterocycles. The van der Waals surface area contributed by atoms with Gasteiger partial charge in [-0.05, 0) is 12.1 Å². The van der Waals surface area contributed by atoms with Crippen LogP contribution < -0.4 is 14.8 Å². The van der Waals surface area contributed by atoms with Gasteiger partial charge in [0.15, 0.2) is 17.3 Å². The molecule has 8 heteroatoms. The molecule has 0 saturated heterocycles. The molecule has 1 aliphatic rings. The molecule has 0 aliphatic carbocycles. The zero-order valence-electron chi connectivity index (χ0n) is 14.9. The first-order valence-electron chi connectivity index (χ1n) is 8.23. The van der Waals surface area contributed by atoms with Crippen molar-refractivity contribution in [2.75, 3.05) is 26.1 Å². The maximum absolute atomic E-state index is 12.6.